The highest BCUT2D eigenvalue weighted by atomic mass is 16.5. The lowest BCUT2D eigenvalue weighted by molar-refractivity contribution is 0.0694. The van der Waals surface area contributed by atoms with Crippen LogP contribution in [0.15, 0.2) is 35.3 Å². The second kappa shape index (κ2) is 5.57. The number of aromatic carboxylic acids is 1. The van der Waals surface area contributed by atoms with Crippen LogP contribution in [-0.4, -0.2) is 22.2 Å². The number of carboxylic acids is 1. The fraction of sp³-hybridized carbons (Fsp3) is 0.333. The Labute approximate surface area is 134 Å². The van der Waals surface area contributed by atoms with Crippen LogP contribution in [0.5, 0.6) is 5.75 Å². The van der Waals surface area contributed by atoms with Gasteiger partial charge >= 0.3 is 5.97 Å². The second-order valence-electron chi connectivity index (χ2n) is 6.27. The number of hydrogen-bond donors (Lipinski definition) is 1. The standard InChI is InChI=1S/C18H19NO4/c1-10(2)15-9-23-17-6-11(3)4-5-12(17)14-7-16(20)13(18(21)22)8-19(14)15/h4-8,10,15H,9H2,1-3H3,(H,21,22)/t15-/m1/s1. The van der Waals surface area contributed by atoms with Crippen molar-refractivity contribution in [3.63, 3.8) is 0 Å². The van der Waals surface area contributed by atoms with E-state index in [1.165, 1.54) is 12.3 Å². The molecule has 1 atom stereocenters. The lowest BCUT2D eigenvalue weighted by Gasteiger charge is -2.24. The summed E-state index contributed by atoms with van der Waals surface area (Å²) in [6, 6.07) is 7.17. The van der Waals surface area contributed by atoms with Crippen LogP contribution in [0.3, 0.4) is 0 Å². The molecule has 0 spiro atoms. The first-order chi connectivity index (χ1) is 10.9. The molecule has 2 heterocycles. The van der Waals surface area contributed by atoms with E-state index in [0.717, 1.165) is 16.9 Å². The molecule has 1 aliphatic rings. The summed E-state index contributed by atoms with van der Waals surface area (Å²) in [5.41, 5.74) is 1.89. The normalized spacial score (nSPS) is 16.3. The van der Waals surface area contributed by atoms with Crippen LogP contribution in [0.2, 0.25) is 0 Å². The van der Waals surface area contributed by atoms with E-state index >= 15 is 0 Å². The largest absolute Gasteiger partial charge is 0.491 e. The van der Waals surface area contributed by atoms with Crippen LogP contribution in [0.4, 0.5) is 0 Å². The van der Waals surface area contributed by atoms with E-state index in [0.29, 0.717) is 12.3 Å². The van der Waals surface area contributed by atoms with Crippen LogP contribution in [0, 0.1) is 12.8 Å². The van der Waals surface area contributed by atoms with Crippen molar-refractivity contribution in [3.8, 4) is 17.0 Å². The van der Waals surface area contributed by atoms with E-state index in [9.17, 15) is 14.7 Å². The third-order valence-electron chi connectivity index (χ3n) is 4.26. The Bertz CT molecular complexity index is 835. The molecule has 1 aromatic carbocycles. The molecular weight excluding hydrogens is 294 g/mol. The second-order valence-corrected chi connectivity index (χ2v) is 6.27. The highest BCUT2D eigenvalue weighted by molar-refractivity contribution is 5.87. The predicted octanol–water partition coefficient (Wildman–Crippen LogP) is 3.11. The number of hydrogen-bond acceptors (Lipinski definition) is 3. The van der Waals surface area contributed by atoms with Crippen molar-refractivity contribution in [1.82, 2.24) is 4.57 Å². The van der Waals surface area contributed by atoms with Crippen LogP contribution in [0.25, 0.3) is 11.3 Å². The number of ether oxygens (including phenoxy) is 1. The molecule has 2 aromatic rings. The molecule has 3 rings (SSSR count). The van der Waals surface area contributed by atoms with E-state index in [-0.39, 0.29) is 17.5 Å². The van der Waals surface area contributed by atoms with E-state index in [2.05, 4.69) is 13.8 Å². The van der Waals surface area contributed by atoms with Gasteiger partial charge in [0.2, 0.25) is 0 Å². The number of nitrogens with zero attached hydrogens (tertiary/aromatic N) is 1. The van der Waals surface area contributed by atoms with Crippen LogP contribution in [0.1, 0.15) is 35.8 Å². The number of carboxylic acid groups (broad SMARTS) is 1. The van der Waals surface area contributed by atoms with Crippen molar-refractivity contribution in [2.75, 3.05) is 6.61 Å². The number of pyridine rings is 1. The fourth-order valence-electron chi connectivity index (χ4n) is 2.93. The van der Waals surface area contributed by atoms with Crippen molar-refractivity contribution < 1.29 is 14.6 Å². The zero-order valence-electron chi connectivity index (χ0n) is 13.4. The van der Waals surface area contributed by atoms with E-state index in [1.54, 1.807) is 0 Å². The Morgan fingerprint density at radius 3 is 2.74 bits per heavy atom. The molecule has 5 heteroatoms. The molecule has 0 amide bonds. The summed E-state index contributed by atoms with van der Waals surface area (Å²) >= 11 is 0. The summed E-state index contributed by atoms with van der Waals surface area (Å²) in [4.78, 5) is 23.5. The maximum atomic E-state index is 12.2. The SMILES string of the molecule is Cc1ccc2c(c1)OC[C@H](C(C)C)n1cc(C(=O)O)c(=O)cc1-2. The number of aryl methyl sites for hydroxylation is 1. The zero-order chi connectivity index (χ0) is 16.7. The molecule has 0 unspecified atom stereocenters. The Morgan fingerprint density at radius 2 is 2.09 bits per heavy atom. The first-order valence-electron chi connectivity index (χ1n) is 7.62. The number of benzene rings is 1. The quantitative estimate of drug-likeness (QED) is 0.925. The van der Waals surface area contributed by atoms with Crippen molar-refractivity contribution >= 4 is 5.97 Å². The van der Waals surface area contributed by atoms with Crippen LogP contribution < -0.4 is 10.2 Å². The molecule has 0 bridgehead atoms. The van der Waals surface area contributed by atoms with Crippen molar-refractivity contribution in [1.29, 1.82) is 0 Å². The third-order valence-corrected chi connectivity index (χ3v) is 4.26. The van der Waals surface area contributed by atoms with Gasteiger partial charge in [0.05, 0.1) is 11.7 Å². The highest BCUT2D eigenvalue weighted by Gasteiger charge is 2.26. The smallest absolute Gasteiger partial charge is 0.341 e. The van der Waals surface area contributed by atoms with Crippen LogP contribution >= 0.6 is 0 Å². The summed E-state index contributed by atoms with van der Waals surface area (Å²) in [5, 5.41) is 9.25. The fourth-order valence-corrected chi connectivity index (χ4v) is 2.93. The maximum Gasteiger partial charge on any atom is 0.341 e. The molecule has 0 radical (unpaired) electrons. The molecule has 1 N–H and O–H groups in total. The Morgan fingerprint density at radius 1 is 1.35 bits per heavy atom. The van der Waals surface area contributed by atoms with Gasteiger partial charge in [0.15, 0.2) is 5.43 Å². The highest BCUT2D eigenvalue weighted by Crippen LogP contribution is 2.37. The molecule has 23 heavy (non-hydrogen) atoms. The minimum absolute atomic E-state index is 0.0450. The van der Waals surface area contributed by atoms with Gasteiger partial charge < -0.3 is 14.4 Å². The molecule has 0 saturated heterocycles. The van der Waals surface area contributed by atoms with Gasteiger partial charge in [-0.25, -0.2) is 4.79 Å². The third kappa shape index (κ3) is 2.63. The van der Waals surface area contributed by atoms with E-state index in [1.807, 2.05) is 29.7 Å². The number of aromatic nitrogens is 1. The van der Waals surface area contributed by atoms with Gasteiger partial charge in [-0.15, -0.1) is 0 Å². The summed E-state index contributed by atoms with van der Waals surface area (Å²) < 4.78 is 7.83. The molecule has 120 valence electrons. The lowest BCUT2D eigenvalue weighted by atomic mass is 10.0. The summed E-state index contributed by atoms with van der Waals surface area (Å²) in [5.74, 6) is -0.250. The molecule has 0 fully saturated rings. The van der Waals surface area contributed by atoms with Crippen LogP contribution in [-0.2, 0) is 0 Å². The predicted molar refractivity (Wildman–Crippen MR) is 87.2 cm³/mol. The minimum Gasteiger partial charge on any atom is -0.491 e. The van der Waals surface area contributed by atoms with Crippen molar-refractivity contribution in [3.05, 3.63) is 51.8 Å². The van der Waals surface area contributed by atoms with Gasteiger partial charge in [-0.2, -0.15) is 0 Å². The number of carbonyl (C=O) groups is 1. The topological polar surface area (TPSA) is 68.5 Å². The molecule has 5 nitrogen and oxygen atoms in total. The van der Waals surface area contributed by atoms with Gasteiger partial charge in [0, 0.05) is 17.8 Å². The Kier molecular flexibility index (Phi) is 3.72. The lowest BCUT2D eigenvalue weighted by Crippen LogP contribution is -2.25. The molecule has 0 aliphatic carbocycles. The monoisotopic (exact) mass is 313 g/mol. The summed E-state index contributed by atoms with van der Waals surface area (Å²) in [6.07, 6.45) is 1.45. The van der Waals surface area contributed by atoms with E-state index < -0.39 is 11.4 Å². The zero-order valence-corrected chi connectivity index (χ0v) is 13.4. The minimum atomic E-state index is -1.21. The van der Waals surface area contributed by atoms with E-state index in [4.69, 9.17) is 4.74 Å². The number of rotatable bonds is 2. The first kappa shape index (κ1) is 15.3. The number of fused-ring (bicyclic) bond motifs is 3. The van der Waals surface area contributed by atoms with Gasteiger partial charge in [-0.1, -0.05) is 19.9 Å². The van der Waals surface area contributed by atoms with Gasteiger partial charge in [0.1, 0.15) is 17.9 Å². The Hall–Kier alpha value is -2.56. The summed E-state index contributed by atoms with van der Waals surface area (Å²) in [7, 11) is 0. The maximum absolute atomic E-state index is 12.2. The first-order valence-corrected chi connectivity index (χ1v) is 7.62. The average Bonchev–Trinajstić information content (AvgIpc) is 2.62. The Balaban J connectivity index is 2.32. The van der Waals surface area contributed by atoms with Crippen molar-refractivity contribution in [2.24, 2.45) is 5.92 Å². The van der Waals surface area contributed by atoms with Crippen molar-refractivity contribution in [2.45, 2.75) is 26.8 Å². The summed E-state index contributed by atoms with van der Waals surface area (Å²) in [6.45, 7) is 6.52. The van der Waals surface area contributed by atoms with Gasteiger partial charge in [-0.3, -0.25) is 4.79 Å². The molecule has 0 saturated carbocycles. The van der Waals surface area contributed by atoms with Gasteiger partial charge in [0.25, 0.3) is 0 Å². The molecule has 1 aromatic heterocycles. The molecule has 1 aliphatic heterocycles. The van der Waals surface area contributed by atoms with Gasteiger partial charge in [-0.05, 0) is 30.5 Å². The average molecular weight is 313 g/mol. The molecular formula is C18H19NO4.